The summed E-state index contributed by atoms with van der Waals surface area (Å²) in [5, 5.41) is 3.43. The Morgan fingerprint density at radius 3 is 2.30 bits per heavy atom. The maximum absolute atomic E-state index is 13.8. The third-order valence-corrected chi connectivity index (χ3v) is 6.53. The van der Waals surface area contributed by atoms with Crippen molar-refractivity contribution in [3.05, 3.63) is 70.2 Å². The number of halogens is 1. The Bertz CT molecular complexity index is 833. The zero-order chi connectivity index (χ0) is 19.9. The van der Waals surface area contributed by atoms with E-state index < -0.39 is 13.2 Å². The zero-order valence-corrected chi connectivity index (χ0v) is 18.8. The molecule has 0 saturated carbocycles. The first kappa shape index (κ1) is 21.9. The summed E-state index contributed by atoms with van der Waals surface area (Å²) in [6.45, 7) is 8.78. The maximum atomic E-state index is 13.8. The molecule has 2 aromatic carbocycles. The molecule has 0 radical (unpaired) electrons. The molecular weight excluding hydrogens is 421 g/mol. The average Bonchev–Trinajstić information content (AvgIpc) is 2.62. The van der Waals surface area contributed by atoms with Crippen LogP contribution in [0, 0.1) is 17.0 Å². The molecule has 0 aliphatic rings. The summed E-state index contributed by atoms with van der Waals surface area (Å²) in [5.41, 5.74) is 4.76. The Balaban J connectivity index is 2.42. The van der Waals surface area contributed by atoms with Crippen molar-refractivity contribution in [2.45, 2.75) is 40.0 Å². The van der Waals surface area contributed by atoms with Crippen LogP contribution in [0.25, 0.3) is 0 Å². The van der Waals surface area contributed by atoms with Gasteiger partial charge in [-0.3, -0.25) is 9.88 Å². The normalized spacial score (nSPS) is 14.7. The highest BCUT2D eigenvalue weighted by molar-refractivity contribution is 9.10. The van der Waals surface area contributed by atoms with E-state index >= 15 is 0 Å². The fraction of sp³-hybridized carbons (Fsp3) is 0.364. The summed E-state index contributed by atoms with van der Waals surface area (Å²) in [5.74, 6) is 2.62. The second-order valence-electron chi connectivity index (χ2n) is 7.32. The lowest BCUT2D eigenvalue weighted by Gasteiger charge is -2.25. The minimum Gasteiger partial charge on any atom is -0.319 e. The molecule has 0 bridgehead atoms. The molecule has 0 fully saturated rings. The number of nitrogens with one attached hydrogen (secondary N) is 1. The molecule has 2 atom stereocenters. The standard InChI is InChI=1S/C22H27BrNO2P/c1-5-26-27(25,16-15-22(2,3)4)21(19-11-13-20(23)14-12-19)24-17-18-9-7-6-8-10-18/h6-14,21,24H,5,17H2,1-4H3/t21-,27+/m0/s1. The molecule has 144 valence electrons. The van der Waals surface area contributed by atoms with Gasteiger partial charge in [-0.25, -0.2) is 0 Å². The van der Waals surface area contributed by atoms with E-state index in [4.69, 9.17) is 4.52 Å². The van der Waals surface area contributed by atoms with Gasteiger partial charge in [-0.05, 0) is 56.6 Å². The molecule has 0 heterocycles. The van der Waals surface area contributed by atoms with Crippen molar-refractivity contribution < 1.29 is 9.09 Å². The Morgan fingerprint density at radius 1 is 1.11 bits per heavy atom. The number of hydrogen-bond acceptors (Lipinski definition) is 3. The predicted molar refractivity (Wildman–Crippen MR) is 117 cm³/mol. The lowest BCUT2D eigenvalue weighted by molar-refractivity contribution is 0.328. The highest BCUT2D eigenvalue weighted by Gasteiger charge is 2.34. The predicted octanol–water partition coefficient (Wildman–Crippen LogP) is 6.56. The van der Waals surface area contributed by atoms with Crippen LogP contribution in [0.15, 0.2) is 59.1 Å². The van der Waals surface area contributed by atoms with E-state index in [0.29, 0.717) is 13.2 Å². The van der Waals surface area contributed by atoms with Crippen LogP contribution in [0.1, 0.15) is 44.6 Å². The van der Waals surface area contributed by atoms with E-state index in [9.17, 15) is 4.57 Å². The smallest absolute Gasteiger partial charge is 0.294 e. The minimum absolute atomic E-state index is 0.254. The van der Waals surface area contributed by atoms with Crippen molar-refractivity contribution in [1.29, 1.82) is 0 Å². The highest BCUT2D eigenvalue weighted by Crippen LogP contribution is 2.58. The van der Waals surface area contributed by atoms with Crippen molar-refractivity contribution >= 4 is 23.3 Å². The van der Waals surface area contributed by atoms with Crippen LogP contribution in [0.2, 0.25) is 0 Å². The molecule has 0 saturated heterocycles. The molecule has 0 aromatic heterocycles. The third kappa shape index (κ3) is 6.94. The van der Waals surface area contributed by atoms with Crippen molar-refractivity contribution in [2.24, 2.45) is 5.41 Å². The van der Waals surface area contributed by atoms with Crippen LogP contribution in [-0.4, -0.2) is 6.61 Å². The molecule has 0 spiro atoms. The summed E-state index contributed by atoms with van der Waals surface area (Å²) in [4.78, 5) is 0. The van der Waals surface area contributed by atoms with Gasteiger partial charge < -0.3 is 4.52 Å². The summed E-state index contributed by atoms with van der Waals surface area (Å²) >= 11 is 3.46. The second kappa shape index (κ2) is 9.71. The zero-order valence-electron chi connectivity index (χ0n) is 16.3. The first-order valence-electron chi connectivity index (χ1n) is 9.05. The van der Waals surface area contributed by atoms with Crippen LogP contribution < -0.4 is 5.32 Å². The van der Waals surface area contributed by atoms with Crippen molar-refractivity contribution in [3.8, 4) is 11.6 Å². The van der Waals surface area contributed by atoms with E-state index in [1.807, 2.05) is 82.3 Å². The van der Waals surface area contributed by atoms with E-state index in [-0.39, 0.29) is 5.41 Å². The van der Waals surface area contributed by atoms with E-state index in [1.54, 1.807) is 0 Å². The van der Waals surface area contributed by atoms with Gasteiger partial charge in [0.25, 0.3) is 7.37 Å². The van der Waals surface area contributed by atoms with Crippen LogP contribution in [0.5, 0.6) is 0 Å². The molecule has 0 aliphatic heterocycles. The van der Waals surface area contributed by atoms with Crippen LogP contribution in [-0.2, 0) is 15.6 Å². The molecule has 1 N–H and O–H groups in total. The van der Waals surface area contributed by atoms with Gasteiger partial charge in [0, 0.05) is 16.4 Å². The number of benzene rings is 2. The number of rotatable bonds is 7. The fourth-order valence-electron chi connectivity index (χ4n) is 2.50. The van der Waals surface area contributed by atoms with E-state index in [0.717, 1.165) is 15.6 Å². The quantitative estimate of drug-likeness (QED) is 0.385. The Hall–Kier alpha value is -1.37. The highest BCUT2D eigenvalue weighted by atomic mass is 79.9. The van der Waals surface area contributed by atoms with E-state index in [2.05, 4.69) is 32.8 Å². The summed E-state index contributed by atoms with van der Waals surface area (Å²) in [6, 6.07) is 17.8. The first-order valence-corrected chi connectivity index (χ1v) is 11.5. The maximum Gasteiger partial charge on any atom is 0.294 e. The van der Waals surface area contributed by atoms with Gasteiger partial charge in [0.2, 0.25) is 0 Å². The molecule has 0 unspecified atom stereocenters. The Kier molecular flexibility index (Phi) is 7.89. The topological polar surface area (TPSA) is 38.3 Å². The minimum atomic E-state index is -3.29. The Morgan fingerprint density at radius 2 is 1.74 bits per heavy atom. The van der Waals surface area contributed by atoms with Gasteiger partial charge in [-0.15, -0.1) is 0 Å². The lowest BCUT2D eigenvalue weighted by atomic mass is 9.99. The van der Waals surface area contributed by atoms with Gasteiger partial charge >= 0.3 is 0 Å². The van der Waals surface area contributed by atoms with Crippen LogP contribution in [0.4, 0.5) is 0 Å². The second-order valence-corrected chi connectivity index (χ2v) is 10.4. The number of hydrogen-bond donors (Lipinski definition) is 1. The van der Waals surface area contributed by atoms with Gasteiger partial charge in [-0.2, -0.15) is 0 Å². The molecule has 2 rings (SSSR count). The summed E-state index contributed by atoms with van der Waals surface area (Å²) in [6.07, 6.45) is 0. The lowest BCUT2D eigenvalue weighted by Crippen LogP contribution is -2.22. The fourth-order valence-corrected chi connectivity index (χ4v) is 4.88. The summed E-state index contributed by atoms with van der Waals surface area (Å²) in [7, 11) is -3.29. The summed E-state index contributed by atoms with van der Waals surface area (Å²) < 4.78 is 20.5. The molecule has 27 heavy (non-hydrogen) atoms. The SMILES string of the molecule is CCO[P@](=O)(C#CC(C)(C)C)[C@H](NCc1ccccc1)c1ccc(Br)cc1. The first-order chi connectivity index (χ1) is 12.7. The molecule has 2 aromatic rings. The van der Waals surface area contributed by atoms with Crippen molar-refractivity contribution in [2.75, 3.05) is 6.61 Å². The van der Waals surface area contributed by atoms with Gasteiger partial charge in [0.1, 0.15) is 5.78 Å². The van der Waals surface area contributed by atoms with Crippen molar-refractivity contribution in [1.82, 2.24) is 5.32 Å². The third-order valence-electron chi connectivity index (χ3n) is 3.78. The van der Waals surface area contributed by atoms with Crippen LogP contribution >= 0.6 is 23.3 Å². The Labute approximate surface area is 171 Å². The largest absolute Gasteiger partial charge is 0.319 e. The van der Waals surface area contributed by atoms with Gasteiger partial charge in [-0.1, -0.05) is 64.3 Å². The van der Waals surface area contributed by atoms with Gasteiger partial charge in [0.05, 0.1) is 6.61 Å². The van der Waals surface area contributed by atoms with Gasteiger partial charge in [0.15, 0.2) is 0 Å². The monoisotopic (exact) mass is 447 g/mol. The molecule has 0 aliphatic carbocycles. The molecule has 3 nitrogen and oxygen atoms in total. The van der Waals surface area contributed by atoms with Crippen LogP contribution in [0.3, 0.4) is 0 Å². The molecule has 5 heteroatoms. The average molecular weight is 448 g/mol. The molecule has 0 amide bonds. The van der Waals surface area contributed by atoms with Crippen molar-refractivity contribution in [3.63, 3.8) is 0 Å². The molecular formula is C22H27BrNO2P. The van der Waals surface area contributed by atoms with E-state index in [1.165, 1.54) is 0 Å².